The maximum atomic E-state index is 11.7. The molecule has 0 aliphatic carbocycles. The number of para-hydroxylation sites is 4. The standard InChI is InChI=1S/C11H14N2O.C11H16N2/c1-2-13-10-6-4-3-5-9(10)12-8-7-11(13)14;1-2-13-9-5-8-12-10-6-3-4-7-11(10)13/h3-6,12H,2,7-8H2,1H3;3-4,6-7,12H,2,5,8-9H2,1H3. The van der Waals surface area contributed by atoms with E-state index in [1.54, 1.807) is 0 Å². The van der Waals surface area contributed by atoms with Crippen molar-refractivity contribution in [2.75, 3.05) is 53.2 Å². The molecule has 5 nitrogen and oxygen atoms in total. The van der Waals surface area contributed by atoms with Gasteiger partial charge in [-0.3, -0.25) is 4.79 Å². The summed E-state index contributed by atoms with van der Waals surface area (Å²) in [5.74, 6) is 0.199. The molecule has 2 aliphatic heterocycles. The van der Waals surface area contributed by atoms with Gasteiger partial charge in [0.15, 0.2) is 0 Å². The van der Waals surface area contributed by atoms with E-state index in [0.717, 1.165) is 37.6 Å². The van der Waals surface area contributed by atoms with E-state index >= 15 is 0 Å². The maximum absolute atomic E-state index is 11.7. The third kappa shape index (κ3) is 4.54. The molecule has 0 radical (unpaired) electrons. The fraction of sp³-hybridized carbons (Fsp3) is 0.409. The molecule has 0 bridgehead atoms. The lowest BCUT2D eigenvalue weighted by atomic mass is 10.2. The molecule has 0 unspecified atom stereocenters. The number of fused-ring (bicyclic) bond motifs is 2. The molecule has 0 saturated carbocycles. The summed E-state index contributed by atoms with van der Waals surface area (Å²) in [5, 5.41) is 6.71. The van der Waals surface area contributed by atoms with Crippen molar-refractivity contribution in [3.05, 3.63) is 48.5 Å². The van der Waals surface area contributed by atoms with E-state index < -0.39 is 0 Å². The van der Waals surface area contributed by atoms with Gasteiger partial charge in [-0.2, -0.15) is 0 Å². The maximum Gasteiger partial charge on any atom is 0.228 e. The first-order valence-corrected chi connectivity index (χ1v) is 9.95. The Kier molecular flexibility index (Phi) is 6.58. The molecule has 0 atom stereocenters. The highest BCUT2D eigenvalue weighted by Crippen LogP contribution is 2.28. The first-order chi connectivity index (χ1) is 13.2. The van der Waals surface area contributed by atoms with Crippen molar-refractivity contribution in [1.29, 1.82) is 0 Å². The summed E-state index contributed by atoms with van der Waals surface area (Å²) in [6.07, 6.45) is 1.80. The summed E-state index contributed by atoms with van der Waals surface area (Å²) in [7, 11) is 0. The van der Waals surface area contributed by atoms with E-state index in [2.05, 4.69) is 46.7 Å². The average molecular weight is 367 g/mol. The van der Waals surface area contributed by atoms with Crippen molar-refractivity contribution in [2.24, 2.45) is 0 Å². The first-order valence-electron chi connectivity index (χ1n) is 9.95. The van der Waals surface area contributed by atoms with E-state index in [1.165, 1.54) is 24.3 Å². The second-order valence-corrected chi connectivity index (χ2v) is 6.71. The van der Waals surface area contributed by atoms with Gasteiger partial charge in [0.2, 0.25) is 5.91 Å². The van der Waals surface area contributed by atoms with Gasteiger partial charge in [0.1, 0.15) is 0 Å². The van der Waals surface area contributed by atoms with Crippen molar-refractivity contribution >= 4 is 28.7 Å². The molecular formula is C22H30N4O. The van der Waals surface area contributed by atoms with Gasteiger partial charge in [-0.15, -0.1) is 0 Å². The van der Waals surface area contributed by atoms with Crippen LogP contribution in [0.1, 0.15) is 26.7 Å². The van der Waals surface area contributed by atoms with Crippen LogP contribution in [-0.2, 0) is 4.79 Å². The fourth-order valence-electron chi connectivity index (χ4n) is 3.62. The van der Waals surface area contributed by atoms with Crippen LogP contribution >= 0.6 is 0 Å². The van der Waals surface area contributed by atoms with E-state index in [0.29, 0.717) is 6.42 Å². The molecule has 144 valence electrons. The number of rotatable bonds is 2. The molecule has 0 fully saturated rings. The lowest BCUT2D eigenvalue weighted by Crippen LogP contribution is -2.29. The van der Waals surface area contributed by atoms with Crippen LogP contribution in [0.2, 0.25) is 0 Å². The van der Waals surface area contributed by atoms with Crippen LogP contribution in [0.4, 0.5) is 22.7 Å². The number of nitrogens with one attached hydrogen (secondary N) is 2. The molecule has 2 aliphatic rings. The third-order valence-corrected chi connectivity index (χ3v) is 5.01. The van der Waals surface area contributed by atoms with Crippen molar-refractivity contribution in [2.45, 2.75) is 26.7 Å². The normalized spacial score (nSPS) is 15.9. The van der Waals surface area contributed by atoms with E-state index in [-0.39, 0.29) is 5.91 Å². The summed E-state index contributed by atoms with van der Waals surface area (Å²) in [5.41, 5.74) is 4.68. The number of nitrogens with zero attached hydrogens (tertiary/aromatic N) is 2. The number of benzene rings is 2. The molecule has 4 rings (SSSR count). The summed E-state index contributed by atoms with van der Waals surface area (Å²) < 4.78 is 0. The van der Waals surface area contributed by atoms with Crippen LogP contribution in [-0.4, -0.2) is 38.6 Å². The average Bonchev–Trinajstić information content (AvgIpc) is 3.01. The molecule has 27 heavy (non-hydrogen) atoms. The molecule has 0 saturated heterocycles. The Morgan fingerprint density at radius 3 is 2.19 bits per heavy atom. The Hall–Kier alpha value is -2.69. The Bertz CT molecular complexity index is 761. The fourth-order valence-corrected chi connectivity index (χ4v) is 3.62. The van der Waals surface area contributed by atoms with E-state index in [1.807, 2.05) is 36.1 Å². The van der Waals surface area contributed by atoms with Gasteiger partial charge in [-0.05, 0) is 44.5 Å². The zero-order valence-corrected chi connectivity index (χ0v) is 16.4. The Morgan fingerprint density at radius 2 is 1.48 bits per heavy atom. The highest BCUT2D eigenvalue weighted by molar-refractivity contribution is 5.98. The summed E-state index contributed by atoms with van der Waals surface area (Å²) in [6, 6.07) is 16.5. The first kappa shape index (κ1) is 19.1. The van der Waals surface area contributed by atoms with Gasteiger partial charge in [0.25, 0.3) is 0 Å². The zero-order valence-electron chi connectivity index (χ0n) is 16.4. The molecule has 2 aromatic rings. The predicted octanol–water partition coefficient (Wildman–Crippen LogP) is 4.18. The molecule has 5 heteroatoms. The molecule has 2 aromatic carbocycles. The third-order valence-electron chi connectivity index (χ3n) is 5.01. The summed E-state index contributed by atoms with van der Waals surface area (Å²) in [4.78, 5) is 15.9. The lowest BCUT2D eigenvalue weighted by molar-refractivity contribution is -0.118. The number of carbonyl (C=O) groups excluding carboxylic acids is 1. The Labute approximate surface area is 162 Å². The topological polar surface area (TPSA) is 47.6 Å². The number of hydrogen-bond acceptors (Lipinski definition) is 4. The van der Waals surface area contributed by atoms with Gasteiger partial charge in [0, 0.05) is 39.1 Å². The Balaban J connectivity index is 0.000000156. The van der Waals surface area contributed by atoms with Crippen molar-refractivity contribution in [3.8, 4) is 0 Å². The van der Waals surface area contributed by atoms with Crippen LogP contribution in [0.3, 0.4) is 0 Å². The smallest absolute Gasteiger partial charge is 0.228 e. The van der Waals surface area contributed by atoms with Crippen LogP contribution in [0.5, 0.6) is 0 Å². The van der Waals surface area contributed by atoms with Gasteiger partial charge in [-0.1, -0.05) is 24.3 Å². The van der Waals surface area contributed by atoms with Crippen molar-refractivity contribution in [3.63, 3.8) is 0 Å². The van der Waals surface area contributed by atoms with Crippen LogP contribution < -0.4 is 20.4 Å². The summed E-state index contributed by atoms with van der Waals surface area (Å²) >= 11 is 0. The number of carbonyl (C=O) groups is 1. The zero-order chi connectivity index (χ0) is 19.1. The molecule has 1 amide bonds. The number of amides is 1. The minimum atomic E-state index is 0.199. The molecule has 0 spiro atoms. The largest absolute Gasteiger partial charge is 0.383 e. The second kappa shape index (κ2) is 9.31. The van der Waals surface area contributed by atoms with Gasteiger partial charge < -0.3 is 20.4 Å². The number of anilines is 4. The van der Waals surface area contributed by atoms with Crippen LogP contribution in [0, 0.1) is 0 Å². The van der Waals surface area contributed by atoms with Gasteiger partial charge in [0.05, 0.1) is 22.7 Å². The van der Waals surface area contributed by atoms with Crippen molar-refractivity contribution < 1.29 is 4.79 Å². The monoisotopic (exact) mass is 366 g/mol. The van der Waals surface area contributed by atoms with Gasteiger partial charge in [-0.25, -0.2) is 0 Å². The minimum Gasteiger partial charge on any atom is -0.383 e. The summed E-state index contributed by atoms with van der Waals surface area (Å²) in [6.45, 7) is 9.03. The van der Waals surface area contributed by atoms with Crippen molar-refractivity contribution in [1.82, 2.24) is 0 Å². The van der Waals surface area contributed by atoms with Crippen LogP contribution in [0.15, 0.2) is 48.5 Å². The lowest BCUT2D eigenvalue weighted by Gasteiger charge is -2.22. The highest BCUT2D eigenvalue weighted by Gasteiger charge is 2.19. The van der Waals surface area contributed by atoms with Gasteiger partial charge >= 0.3 is 0 Å². The minimum absolute atomic E-state index is 0.199. The molecule has 2 N–H and O–H groups in total. The highest BCUT2D eigenvalue weighted by atomic mass is 16.2. The van der Waals surface area contributed by atoms with Crippen LogP contribution in [0.25, 0.3) is 0 Å². The Morgan fingerprint density at radius 1 is 0.852 bits per heavy atom. The SMILES string of the molecule is CCN1C(=O)CCNc2ccccc21.CCN1CCCNc2ccccc21. The molecule has 0 aromatic heterocycles. The predicted molar refractivity (Wildman–Crippen MR) is 115 cm³/mol. The number of hydrogen-bond donors (Lipinski definition) is 2. The molecule has 2 heterocycles. The van der Waals surface area contributed by atoms with E-state index in [9.17, 15) is 4.79 Å². The second-order valence-electron chi connectivity index (χ2n) is 6.71. The molecular weight excluding hydrogens is 336 g/mol. The quantitative estimate of drug-likeness (QED) is 0.837. The van der Waals surface area contributed by atoms with E-state index in [4.69, 9.17) is 0 Å².